The summed E-state index contributed by atoms with van der Waals surface area (Å²) in [4.78, 5) is 14.5. The van der Waals surface area contributed by atoms with E-state index in [1.165, 1.54) is 30.4 Å². The Bertz CT molecular complexity index is 454. The van der Waals surface area contributed by atoms with E-state index in [2.05, 4.69) is 29.2 Å². The lowest BCUT2D eigenvalue weighted by Gasteiger charge is -2.28. The summed E-state index contributed by atoms with van der Waals surface area (Å²) in [5.74, 6) is 0.808. The lowest BCUT2D eigenvalue weighted by atomic mass is 9.87. The van der Waals surface area contributed by atoms with Crippen molar-refractivity contribution in [3.05, 3.63) is 35.4 Å². The minimum atomic E-state index is 0.305. The zero-order chi connectivity index (χ0) is 13.1. The number of hydrogen-bond acceptors (Lipinski definition) is 2. The van der Waals surface area contributed by atoms with Crippen molar-refractivity contribution >= 4 is 5.78 Å². The molecule has 1 aliphatic carbocycles. The highest BCUT2D eigenvalue weighted by atomic mass is 16.1. The van der Waals surface area contributed by atoms with Crippen molar-refractivity contribution in [1.82, 2.24) is 4.90 Å². The van der Waals surface area contributed by atoms with Gasteiger partial charge in [-0.3, -0.25) is 9.69 Å². The first-order chi connectivity index (χ1) is 9.33. The van der Waals surface area contributed by atoms with Gasteiger partial charge < -0.3 is 0 Å². The summed E-state index contributed by atoms with van der Waals surface area (Å²) in [6, 6.07) is 8.77. The molecule has 1 saturated carbocycles. The summed E-state index contributed by atoms with van der Waals surface area (Å²) in [7, 11) is 0. The van der Waals surface area contributed by atoms with Crippen molar-refractivity contribution in [2.24, 2.45) is 5.92 Å². The molecule has 1 heterocycles. The molecule has 1 aliphatic heterocycles. The van der Waals surface area contributed by atoms with E-state index < -0.39 is 0 Å². The Hall–Kier alpha value is -1.15. The fourth-order valence-electron chi connectivity index (χ4n) is 3.48. The summed E-state index contributed by atoms with van der Waals surface area (Å²) >= 11 is 0. The second-order valence-electron chi connectivity index (χ2n) is 6.02. The van der Waals surface area contributed by atoms with E-state index in [-0.39, 0.29) is 0 Å². The Labute approximate surface area is 115 Å². The van der Waals surface area contributed by atoms with Gasteiger partial charge in [-0.1, -0.05) is 30.7 Å². The zero-order valence-corrected chi connectivity index (χ0v) is 11.6. The zero-order valence-electron chi connectivity index (χ0n) is 11.6. The second-order valence-corrected chi connectivity index (χ2v) is 6.02. The molecule has 1 aromatic carbocycles. The van der Waals surface area contributed by atoms with Gasteiger partial charge in [0, 0.05) is 25.4 Å². The minimum Gasteiger partial charge on any atom is -0.299 e. The first-order valence-corrected chi connectivity index (χ1v) is 7.65. The summed E-state index contributed by atoms with van der Waals surface area (Å²) < 4.78 is 0. The average Bonchev–Trinajstić information content (AvgIpc) is 2.63. The highest BCUT2D eigenvalue weighted by Crippen LogP contribution is 2.24. The van der Waals surface area contributed by atoms with E-state index in [1.54, 1.807) is 0 Å². The molecule has 0 spiro atoms. The largest absolute Gasteiger partial charge is 0.299 e. The number of Topliss-reactive ketones (excluding diaryl/α,β-unsaturated/α-hetero) is 1. The van der Waals surface area contributed by atoms with Gasteiger partial charge in [0.05, 0.1) is 0 Å². The van der Waals surface area contributed by atoms with Gasteiger partial charge in [0.25, 0.3) is 0 Å². The van der Waals surface area contributed by atoms with Gasteiger partial charge in [0.1, 0.15) is 5.78 Å². The number of carbonyl (C=O) groups excluding carboxylic acids is 1. The Morgan fingerprint density at radius 2 is 1.89 bits per heavy atom. The van der Waals surface area contributed by atoms with Gasteiger partial charge in [-0.05, 0) is 43.4 Å². The van der Waals surface area contributed by atoms with Crippen molar-refractivity contribution in [3.8, 4) is 0 Å². The van der Waals surface area contributed by atoms with Crippen LogP contribution in [0.25, 0.3) is 0 Å². The van der Waals surface area contributed by atoms with Crippen molar-refractivity contribution in [1.29, 1.82) is 0 Å². The molecule has 1 aromatic rings. The van der Waals surface area contributed by atoms with E-state index in [9.17, 15) is 4.79 Å². The van der Waals surface area contributed by atoms with E-state index in [1.807, 2.05) is 0 Å². The third-order valence-corrected chi connectivity index (χ3v) is 4.59. The van der Waals surface area contributed by atoms with E-state index >= 15 is 0 Å². The van der Waals surface area contributed by atoms with Gasteiger partial charge in [0.15, 0.2) is 0 Å². The van der Waals surface area contributed by atoms with Crippen LogP contribution in [-0.4, -0.2) is 23.8 Å². The van der Waals surface area contributed by atoms with Crippen LogP contribution in [0.5, 0.6) is 0 Å². The molecule has 2 aliphatic rings. The van der Waals surface area contributed by atoms with E-state index in [4.69, 9.17) is 0 Å². The van der Waals surface area contributed by atoms with Crippen LogP contribution in [0.4, 0.5) is 0 Å². The Morgan fingerprint density at radius 3 is 2.74 bits per heavy atom. The summed E-state index contributed by atoms with van der Waals surface area (Å²) in [5, 5.41) is 0. The summed E-state index contributed by atoms with van der Waals surface area (Å²) in [6.45, 7) is 3.14. The van der Waals surface area contributed by atoms with Gasteiger partial charge >= 0.3 is 0 Å². The second kappa shape index (κ2) is 5.87. The van der Waals surface area contributed by atoms with Crippen LogP contribution in [0.1, 0.15) is 43.2 Å². The van der Waals surface area contributed by atoms with Crippen molar-refractivity contribution in [2.45, 2.75) is 45.1 Å². The maximum absolute atomic E-state index is 12.0. The lowest BCUT2D eigenvalue weighted by Crippen LogP contribution is -2.34. The molecule has 102 valence electrons. The quantitative estimate of drug-likeness (QED) is 0.811. The van der Waals surface area contributed by atoms with Crippen LogP contribution < -0.4 is 0 Å². The molecule has 2 nitrogen and oxygen atoms in total. The Balaban J connectivity index is 1.67. The number of hydrogen-bond donors (Lipinski definition) is 0. The first-order valence-electron chi connectivity index (χ1n) is 7.65. The number of nitrogens with zero attached hydrogens (tertiary/aromatic N) is 1. The molecular weight excluding hydrogens is 234 g/mol. The van der Waals surface area contributed by atoms with Gasteiger partial charge in [-0.25, -0.2) is 0 Å². The molecule has 3 rings (SSSR count). The monoisotopic (exact) mass is 257 g/mol. The lowest BCUT2D eigenvalue weighted by molar-refractivity contribution is -0.125. The Morgan fingerprint density at radius 1 is 1.05 bits per heavy atom. The molecule has 0 amide bonds. The Kier molecular flexibility index (Phi) is 3.97. The number of aryl methyl sites for hydroxylation is 1. The molecule has 19 heavy (non-hydrogen) atoms. The molecule has 0 N–H and O–H groups in total. The fourth-order valence-corrected chi connectivity index (χ4v) is 3.48. The maximum atomic E-state index is 12.0. The molecule has 2 heteroatoms. The van der Waals surface area contributed by atoms with Crippen molar-refractivity contribution in [3.63, 3.8) is 0 Å². The molecule has 1 fully saturated rings. The normalized spacial score (nSPS) is 24.8. The smallest absolute Gasteiger partial charge is 0.137 e. The molecule has 0 radical (unpaired) electrons. The van der Waals surface area contributed by atoms with Gasteiger partial charge in [-0.2, -0.15) is 0 Å². The SMILES string of the molecule is O=C1CCCCC1CN1CCCc2ccccc2C1. The number of fused-ring (bicyclic) bond motifs is 1. The standard InChI is InChI=1S/C17H23NO/c19-17-10-4-3-8-16(17)13-18-11-5-9-14-6-1-2-7-15(14)12-18/h1-2,6-7,16H,3-5,8-13H2. The number of ketones is 1. The predicted octanol–water partition coefficient (Wildman–Crippen LogP) is 3.19. The minimum absolute atomic E-state index is 0.305. The molecule has 0 saturated heterocycles. The summed E-state index contributed by atoms with van der Waals surface area (Å²) in [6.07, 6.45) is 6.67. The van der Waals surface area contributed by atoms with E-state index in [0.717, 1.165) is 38.9 Å². The number of carbonyl (C=O) groups is 1. The van der Waals surface area contributed by atoms with Gasteiger partial charge in [0.2, 0.25) is 0 Å². The topological polar surface area (TPSA) is 20.3 Å². The van der Waals surface area contributed by atoms with Crippen LogP contribution in [0.15, 0.2) is 24.3 Å². The highest BCUT2D eigenvalue weighted by molar-refractivity contribution is 5.81. The van der Waals surface area contributed by atoms with Crippen LogP contribution in [0.2, 0.25) is 0 Å². The molecule has 1 unspecified atom stereocenters. The van der Waals surface area contributed by atoms with Crippen molar-refractivity contribution in [2.75, 3.05) is 13.1 Å². The highest BCUT2D eigenvalue weighted by Gasteiger charge is 2.25. The van der Waals surface area contributed by atoms with Crippen molar-refractivity contribution < 1.29 is 4.79 Å². The van der Waals surface area contributed by atoms with Crippen LogP contribution in [-0.2, 0) is 17.8 Å². The molecule has 0 bridgehead atoms. The maximum Gasteiger partial charge on any atom is 0.137 e. The van der Waals surface area contributed by atoms with Crippen LogP contribution in [0, 0.1) is 5.92 Å². The van der Waals surface area contributed by atoms with Crippen LogP contribution in [0.3, 0.4) is 0 Å². The average molecular weight is 257 g/mol. The predicted molar refractivity (Wildman–Crippen MR) is 77.0 cm³/mol. The first kappa shape index (κ1) is 12.9. The van der Waals surface area contributed by atoms with E-state index in [0.29, 0.717) is 11.7 Å². The van der Waals surface area contributed by atoms with Crippen LogP contribution >= 0.6 is 0 Å². The molecule has 1 atom stereocenters. The van der Waals surface area contributed by atoms with Gasteiger partial charge in [-0.15, -0.1) is 0 Å². The third-order valence-electron chi connectivity index (χ3n) is 4.59. The molecular formula is C17H23NO. The fraction of sp³-hybridized carbons (Fsp3) is 0.588. The summed E-state index contributed by atoms with van der Waals surface area (Å²) in [5.41, 5.74) is 2.96. The molecule has 0 aromatic heterocycles. The number of benzene rings is 1. The third kappa shape index (κ3) is 3.06. The number of rotatable bonds is 2.